The molecular weight excluding hydrogens is 640 g/mol. The van der Waals surface area contributed by atoms with Crippen LogP contribution in [0.5, 0.6) is 5.75 Å². The number of Topliss-reactive ketones (excluding diaryl/α,β-unsaturated/α-hetero) is 2. The van der Waals surface area contributed by atoms with Crippen molar-refractivity contribution in [3.05, 3.63) is 94.3 Å². The Labute approximate surface area is 290 Å². The van der Waals surface area contributed by atoms with E-state index >= 15 is 0 Å². The summed E-state index contributed by atoms with van der Waals surface area (Å²) in [6, 6.07) is 17.8. The minimum atomic E-state index is -2.71. The molecule has 1 fully saturated rings. The lowest BCUT2D eigenvalue weighted by Gasteiger charge is -2.50. The molecule has 3 aliphatic rings. The molecule has 50 heavy (non-hydrogen) atoms. The van der Waals surface area contributed by atoms with E-state index in [1.54, 1.807) is 14.1 Å². The Balaban J connectivity index is 1.46. The maximum Gasteiger partial charge on any atom is 0.255 e. The molecule has 3 aliphatic carbocycles. The average molecular weight is 683 g/mol. The minimum Gasteiger partial charge on any atom is -0.508 e. The summed E-state index contributed by atoms with van der Waals surface area (Å²) in [5.41, 5.74) is 5.76. The Morgan fingerprint density at radius 1 is 1.04 bits per heavy atom. The fourth-order valence-corrected chi connectivity index (χ4v) is 7.82. The van der Waals surface area contributed by atoms with E-state index in [9.17, 15) is 34.8 Å². The quantitative estimate of drug-likeness (QED) is 0.142. The topological polar surface area (TPSA) is 186 Å². The molecule has 5 atom stereocenters. The summed E-state index contributed by atoms with van der Waals surface area (Å²) in [6.07, 6.45) is -0.234. The van der Waals surface area contributed by atoms with Crippen LogP contribution in [0.4, 0.5) is 11.4 Å². The lowest BCUT2D eigenvalue weighted by molar-refractivity contribution is -0.153. The standard InChI is InChI=1S/C38H42N4O8/c1-6-50-37(40-22-10-8-7-9-11-22)20-14-12-19(13-15-20)23-18-26(41(2)3)24-16-21-17-25-30(42(4)5)33(45)29(36(39)48)35(47)38(25,49)34(46)27(21)32(44)28(24)31(23)43/h7-15,18,21,25,30,37,40,43-44,47,49H,6,16-17H2,1-5H3,(H2,39,48)/t21-,25-,30?,37?,38-/m0/s1. The Morgan fingerprint density at radius 2 is 1.70 bits per heavy atom. The van der Waals surface area contributed by atoms with Crippen LogP contribution in [0.25, 0.3) is 16.9 Å². The second kappa shape index (κ2) is 12.9. The second-order valence-electron chi connectivity index (χ2n) is 13.5. The molecule has 1 saturated carbocycles. The number of carbonyl (C=O) groups excluding carboxylic acids is 3. The van der Waals surface area contributed by atoms with Gasteiger partial charge in [-0.25, -0.2) is 0 Å². The fourth-order valence-electron chi connectivity index (χ4n) is 7.82. The molecule has 6 rings (SSSR count). The van der Waals surface area contributed by atoms with Crippen LogP contribution >= 0.6 is 0 Å². The molecule has 0 spiro atoms. The highest BCUT2D eigenvalue weighted by Crippen LogP contribution is 2.55. The van der Waals surface area contributed by atoms with Gasteiger partial charge in [0.15, 0.2) is 17.6 Å². The molecule has 0 bridgehead atoms. The molecular formula is C38H42N4O8. The van der Waals surface area contributed by atoms with Gasteiger partial charge in [-0.15, -0.1) is 0 Å². The highest BCUT2D eigenvalue weighted by Gasteiger charge is 2.64. The Hall–Kier alpha value is -5.17. The van der Waals surface area contributed by atoms with Crippen LogP contribution in [0.1, 0.15) is 36.3 Å². The number of nitrogens with zero attached hydrogens (tertiary/aromatic N) is 2. The molecule has 0 saturated heterocycles. The highest BCUT2D eigenvalue weighted by molar-refractivity contribution is 6.24. The van der Waals surface area contributed by atoms with Crippen LogP contribution in [0.3, 0.4) is 0 Å². The van der Waals surface area contributed by atoms with Crippen molar-refractivity contribution in [2.45, 2.75) is 37.6 Å². The number of hydrogen-bond donors (Lipinski definition) is 6. The van der Waals surface area contributed by atoms with Crippen molar-refractivity contribution < 1.29 is 39.5 Å². The number of nitrogens with one attached hydrogen (secondary N) is 1. The van der Waals surface area contributed by atoms with Gasteiger partial charge in [-0.2, -0.15) is 0 Å². The van der Waals surface area contributed by atoms with Gasteiger partial charge >= 0.3 is 0 Å². The van der Waals surface area contributed by atoms with Crippen molar-refractivity contribution in [3.8, 4) is 16.9 Å². The number of anilines is 2. The van der Waals surface area contributed by atoms with Crippen LogP contribution in [0.15, 0.2) is 77.6 Å². The summed E-state index contributed by atoms with van der Waals surface area (Å²) < 4.78 is 5.97. The molecule has 0 radical (unpaired) electrons. The zero-order chi connectivity index (χ0) is 36.2. The van der Waals surface area contributed by atoms with Gasteiger partial charge in [-0.1, -0.05) is 42.5 Å². The van der Waals surface area contributed by atoms with Gasteiger partial charge in [0.05, 0.1) is 11.6 Å². The zero-order valence-electron chi connectivity index (χ0n) is 28.6. The molecule has 1 amide bonds. The van der Waals surface area contributed by atoms with Crippen LogP contribution in [-0.4, -0.2) is 89.2 Å². The number of carbonyl (C=O) groups is 3. The number of ether oxygens (including phenoxy) is 1. The van der Waals surface area contributed by atoms with E-state index < -0.39 is 64.3 Å². The SMILES string of the molecule is CCOC(Nc1ccccc1)c1ccc(-c2cc(N(C)C)c3c(c2O)C(O)=C2C(=O)[C@]4(O)C(O)=C(C(N)=O)C(=O)C(N(C)C)[C@@H]4C[C@@H]2C3)cc1. The molecule has 12 nitrogen and oxygen atoms in total. The van der Waals surface area contributed by atoms with Gasteiger partial charge in [0.25, 0.3) is 5.91 Å². The predicted octanol–water partition coefficient (Wildman–Crippen LogP) is 3.84. The van der Waals surface area contributed by atoms with E-state index in [-0.39, 0.29) is 29.7 Å². The summed E-state index contributed by atoms with van der Waals surface area (Å²) in [7, 11) is 6.80. The number of ketones is 2. The van der Waals surface area contributed by atoms with Gasteiger partial charge < -0.3 is 41.1 Å². The lowest BCUT2D eigenvalue weighted by atomic mass is 9.57. The summed E-state index contributed by atoms with van der Waals surface area (Å²) in [5, 5.41) is 50.2. The maximum atomic E-state index is 14.3. The third-order valence-corrected chi connectivity index (χ3v) is 10.1. The molecule has 3 aromatic rings. The van der Waals surface area contributed by atoms with Gasteiger partial charge in [0, 0.05) is 54.7 Å². The number of phenolic OH excluding ortho intramolecular Hbond substituents is 1. The van der Waals surface area contributed by atoms with Crippen molar-refractivity contribution in [2.75, 3.05) is 45.0 Å². The van der Waals surface area contributed by atoms with Crippen molar-refractivity contribution in [3.63, 3.8) is 0 Å². The summed E-state index contributed by atoms with van der Waals surface area (Å²) >= 11 is 0. The average Bonchev–Trinajstić information content (AvgIpc) is 3.06. The van der Waals surface area contributed by atoms with Gasteiger partial charge in [0.2, 0.25) is 5.78 Å². The Bertz CT molecular complexity index is 1940. The first-order valence-corrected chi connectivity index (χ1v) is 16.5. The van der Waals surface area contributed by atoms with Gasteiger partial charge in [-0.05, 0) is 69.1 Å². The van der Waals surface area contributed by atoms with E-state index in [1.807, 2.05) is 86.6 Å². The number of benzene rings is 3. The molecule has 2 unspecified atom stereocenters. The first-order valence-electron chi connectivity index (χ1n) is 16.5. The number of rotatable bonds is 9. The van der Waals surface area contributed by atoms with E-state index in [2.05, 4.69) is 5.32 Å². The molecule has 7 N–H and O–H groups in total. The fraction of sp³-hybridized carbons (Fsp3) is 0.342. The minimum absolute atomic E-state index is 0.0145. The third kappa shape index (κ3) is 5.40. The number of amides is 1. The van der Waals surface area contributed by atoms with Crippen LogP contribution in [0, 0.1) is 11.8 Å². The lowest BCUT2D eigenvalue weighted by Crippen LogP contribution is -2.65. The molecule has 262 valence electrons. The second-order valence-corrected chi connectivity index (χ2v) is 13.5. The van der Waals surface area contributed by atoms with Crippen molar-refractivity contribution >= 4 is 34.6 Å². The number of nitrogens with two attached hydrogens (primary N) is 1. The first-order chi connectivity index (χ1) is 23.7. The molecule has 3 aromatic carbocycles. The number of fused-ring (bicyclic) bond motifs is 3. The summed E-state index contributed by atoms with van der Waals surface area (Å²) in [5.74, 6) is -6.86. The first kappa shape index (κ1) is 34.7. The van der Waals surface area contributed by atoms with Crippen molar-refractivity contribution in [1.82, 2.24) is 4.90 Å². The normalized spacial score (nSPS) is 23.7. The molecule has 0 aromatic heterocycles. The number of hydrogen-bond acceptors (Lipinski definition) is 11. The van der Waals surface area contributed by atoms with Crippen LogP contribution in [0.2, 0.25) is 0 Å². The van der Waals surface area contributed by atoms with Crippen LogP contribution < -0.4 is 16.0 Å². The van der Waals surface area contributed by atoms with Crippen molar-refractivity contribution in [1.29, 1.82) is 0 Å². The molecule has 0 aliphatic heterocycles. The number of aliphatic hydroxyl groups is 3. The number of phenols is 1. The zero-order valence-corrected chi connectivity index (χ0v) is 28.6. The Morgan fingerprint density at radius 3 is 2.28 bits per heavy atom. The number of primary amides is 1. The number of para-hydroxylation sites is 1. The summed E-state index contributed by atoms with van der Waals surface area (Å²) in [6.45, 7) is 2.38. The number of likely N-dealkylation sites (N-methyl/N-ethyl adjacent to an activating group) is 1. The highest BCUT2D eigenvalue weighted by atomic mass is 16.5. The Kier molecular flexibility index (Phi) is 8.98. The third-order valence-electron chi connectivity index (χ3n) is 10.1. The number of aliphatic hydroxyl groups excluding tert-OH is 2. The summed E-state index contributed by atoms with van der Waals surface area (Å²) in [4.78, 5) is 43.3. The van der Waals surface area contributed by atoms with E-state index in [0.717, 1.165) is 11.3 Å². The van der Waals surface area contributed by atoms with Crippen LogP contribution in [-0.2, 0) is 25.5 Å². The van der Waals surface area contributed by atoms with E-state index in [4.69, 9.17) is 10.5 Å². The monoisotopic (exact) mass is 682 g/mol. The van der Waals surface area contributed by atoms with Gasteiger partial charge in [0.1, 0.15) is 22.8 Å². The van der Waals surface area contributed by atoms with Crippen molar-refractivity contribution in [2.24, 2.45) is 17.6 Å². The van der Waals surface area contributed by atoms with E-state index in [0.29, 0.717) is 29.0 Å². The number of aromatic hydroxyl groups is 1. The molecule has 0 heterocycles. The largest absolute Gasteiger partial charge is 0.508 e. The predicted molar refractivity (Wildman–Crippen MR) is 188 cm³/mol. The van der Waals surface area contributed by atoms with E-state index in [1.165, 1.54) is 4.90 Å². The molecule has 12 heteroatoms. The smallest absolute Gasteiger partial charge is 0.255 e. The van der Waals surface area contributed by atoms with Gasteiger partial charge in [-0.3, -0.25) is 19.3 Å². The maximum absolute atomic E-state index is 14.3.